The lowest BCUT2D eigenvalue weighted by molar-refractivity contribution is -0.185. The minimum atomic E-state index is -1.56. The molecule has 3 atom stereocenters. The molecule has 1 heterocycles. The molecule has 66 heavy (non-hydrogen) atoms. The first-order chi connectivity index (χ1) is 31.8. The summed E-state index contributed by atoms with van der Waals surface area (Å²) in [7, 11) is 0. The zero-order chi connectivity index (χ0) is 48.3. The van der Waals surface area contributed by atoms with Crippen molar-refractivity contribution in [1.82, 2.24) is 20.6 Å². The normalized spacial score (nSPS) is 18.6. The number of imidazole rings is 1. The fourth-order valence-corrected chi connectivity index (χ4v) is 8.94. The Labute approximate surface area is 398 Å². The van der Waals surface area contributed by atoms with E-state index in [4.69, 9.17) is 19.9 Å². The number of aliphatic carboxylic acids is 1. The number of rotatable bonds is 42. The Morgan fingerprint density at radius 1 is 0.697 bits per heavy atom. The first-order valence-corrected chi connectivity index (χ1v) is 26.4. The second-order valence-electron chi connectivity index (χ2n) is 19.6. The molecule has 1 aliphatic rings. The summed E-state index contributed by atoms with van der Waals surface area (Å²) in [6.07, 6.45) is 35.0. The molecule has 0 radical (unpaired) electrons. The lowest BCUT2D eigenvalue weighted by Gasteiger charge is -2.44. The molecule has 380 valence electrons. The first-order valence-electron chi connectivity index (χ1n) is 26.4. The molecule has 1 saturated carbocycles. The van der Waals surface area contributed by atoms with Crippen molar-refractivity contribution in [3.8, 4) is 0 Å². The van der Waals surface area contributed by atoms with Gasteiger partial charge in [0.1, 0.15) is 12.6 Å². The van der Waals surface area contributed by atoms with Gasteiger partial charge in [-0.05, 0) is 52.4 Å². The summed E-state index contributed by atoms with van der Waals surface area (Å²) in [5, 5.41) is 16.5. The molecule has 1 aromatic rings. The largest absolute Gasteiger partial charge is 0.479 e. The average Bonchev–Trinajstić information content (AvgIpc) is 3.81. The van der Waals surface area contributed by atoms with E-state index in [2.05, 4.69) is 34.4 Å². The number of amides is 2. The molecule has 0 saturated heterocycles. The predicted molar refractivity (Wildman–Crippen MR) is 261 cm³/mol. The van der Waals surface area contributed by atoms with Gasteiger partial charge in [0.05, 0.1) is 19.0 Å². The van der Waals surface area contributed by atoms with Gasteiger partial charge in [0.25, 0.3) is 0 Å². The third-order valence-corrected chi connectivity index (χ3v) is 13.4. The van der Waals surface area contributed by atoms with Crippen LogP contribution in [-0.4, -0.2) is 87.3 Å². The van der Waals surface area contributed by atoms with Crippen LogP contribution in [0.25, 0.3) is 0 Å². The molecule has 14 heteroatoms. The molecule has 3 unspecified atom stereocenters. The molecule has 0 bridgehead atoms. The molecule has 6 N–H and O–H groups in total. The van der Waals surface area contributed by atoms with Crippen LogP contribution in [0.2, 0.25) is 0 Å². The Morgan fingerprint density at radius 3 is 1.58 bits per heavy atom. The van der Waals surface area contributed by atoms with Crippen LogP contribution in [0, 0.1) is 0 Å². The number of carboxylic acid groups (broad SMARTS) is 1. The fraction of sp³-hybridized carbons (Fsp3) is 0.846. The van der Waals surface area contributed by atoms with Crippen LogP contribution in [-0.2, 0) is 44.6 Å². The van der Waals surface area contributed by atoms with E-state index < -0.39 is 53.1 Å². The van der Waals surface area contributed by atoms with E-state index in [1.165, 1.54) is 128 Å². The molecule has 0 aliphatic heterocycles. The fourth-order valence-electron chi connectivity index (χ4n) is 8.94. The molecule has 0 spiro atoms. The number of aromatic nitrogens is 2. The maximum absolute atomic E-state index is 13.2. The van der Waals surface area contributed by atoms with E-state index in [1.54, 1.807) is 13.1 Å². The van der Waals surface area contributed by atoms with Crippen molar-refractivity contribution in [1.29, 1.82) is 0 Å². The smallest absolute Gasteiger partial charge is 0.335 e. The Balaban J connectivity index is 1.86. The number of aromatic amines is 1. The van der Waals surface area contributed by atoms with Crippen molar-refractivity contribution in [3.05, 3.63) is 18.2 Å². The highest BCUT2D eigenvalue weighted by molar-refractivity contribution is 5.89. The van der Waals surface area contributed by atoms with E-state index in [0.29, 0.717) is 25.0 Å². The number of hydrogen-bond acceptors (Lipinski definition) is 10. The summed E-state index contributed by atoms with van der Waals surface area (Å²) in [5.74, 6) is -3.01. The molecule has 2 rings (SSSR count). The summed E-state index contributed by atoms with van der Waals surface area (Å²) >= 11 is 0. The number of carbonyl (C=O) groups excluding carboxylic acids is 4. The number of H-pyrrole nitrogens is 1. The topological polar surface area (TPSA) is 212 Å². The lowest BCUT2D eigenvalue weighted by atomic mass is 9.74. The number of ether oxygens (including phenoxy) is 3. The van der Waals surface area contributed by atoms with Crippen molar-refractivity contribution in [2.24, 2.45) is 5.73 Å². The number of esters is 2. The van der Waals surface area contributed by atoms with Crippen LogP contribution in [0.3, 0.4) is 0 Å². The number of nitrogens with zero attached hydrogens (tertiary/aromatic N) is 1. The highest BCUT2D eigenvalue weighted by Crippen LogP contribution is 2.38. The summed E-state index contributed by atoms with van der Waals surface area (Å²) in [4.78, 5) is 70.9. The van der Waals surface area contributed by atoms with Crippen LogP contribution >= 0.6 is 0 Å². The Hall–Kier alpha value is -3.52. The number of nitrogens with one attached hydrogen (secondary N) is 3. The second kappa shape index (κ2) is 35.6. The van der Waals surface area contributed by atoms with Crippen molar-refractivity contribution in [3.63, 3.8) is 0 Å². The minimum absolute atomic E-state index is 0.127. The van der Waals surface area contributed by atoms with Crippen LogP contribution in [0.4, 0.5) is 0 Å². The lowest BCUT2D eigenvalue weighted by Crippen LogP contribution is -2.59. The summed E-state index contributed by atoms with van der Waals surface area (Å²) in [5.41, 5.74) is 4.04. The van der Waals surface area contributed by atoms with Crippen LogP contribution in [0.15, 0.2) is 12.5 Å². The molecule has 0 aromatic carbocycles. The van der Waals surface area contributed by atoms with Crippen LogP contribution < -0.4 is 16.4 Å². The Kier molecular flexibility index (Phi) is 31.6. The first kappa shape index (κ1) is 58.6. The van der Waals surface area contributed by atoms with Gasteiger partial charge in [-0.2, -0.15) is 0 Å². The van der Waals surface area contributed by atoms with Gasteiger partial charge in [0.2, 0.25) is 11.8 Å². The van der Waals surface area contributed by atoms with Crippen molar-refractivity contribution in [2.45, 2.75) is 269 Å². The minimum Gasteiger partial charge on any atom is -0.479 e. The summed E-state index contributed by atoms with van der Waals surface area (Å²) in [6.45, 7) is 7.65. The standard InChI is InChI=1S/C52H93N5O9/c1-5-7-9-11-13-15-17-19-21-23-25-27-29-31-46(58)64-39-44(66-47(59)32-30-28-26-24-22-20-18-16-14-12-10-8-6-2)40-65-52(50(62)63)35-33-51(4,34-36-52)57-42(3)49(61)56-45(48(53)60)37-43-38-54-41-55-43/h38,41-42,44-45,57H,5-37,39-40H2,1-4H3,(H2,53,60)(H,54,55)(H,56,61)(H,62,63). The zero-order valence-corrected chi connectivity index (χ0v) is 41.9. The molecule has 1 aromatic heterocycles. The Bertz CT molecular complexity index is 1450. The number of unbranched alkanes of at least 4 members (excludes halogenated alkanes) is 24. The third-order valence-electron chi connectivity index (χ3n) is 13.4. The maximum Gasteiger partial charge on any atom is 0.335 e. The molecular formula is C52H93N5O9. The number of carboxylic acids is 1. The van der Waals surface area contributed by atoms with Gasteiger partial charge in [0.15, 0.2) is 11.7 Å². The van der Waals surface area contributed by atoms with Gasteiger partial charge in [-0.25, -0.2) is 9.78 Å². The van der Waals surface area contributed by atoms with E-state index in [0.717, 1.165) is 38.5 Å². The van der Waals surface area contributed by atoms with Gasteiger partial charge < -0.3 is 40.7 Å². The summed E-state index contributed by atoms with van der Waals surface area (Å²) < 4.78 is 17.6. The van der Waals surface area contributed by atoms with E-state index in [-0.39, 0.29) is 51.3 Å². The van der Waals surface area contributed by atoms with Crippen LogP contribution in [0.5, 0.6) is 0 Å². The monoisotopic (exact) mass is 932 g/mol. The molecular weight excluding hydrogens is 839 g/mol. The maximum atomic E-state index is 13.2. The predicted octanol–water partition coefficient (Wildman–Crippen LogP) is 10.5. The molecule has 1 aliphatic carbocycles. The van der Waals surface area contributed by atoms with Crippen molar-refractivity contribution >= 4 is 29.7 Å². The molecule has 14 nitrogen and oxygen atoms in total. The second-order valence-corrected chi connectivity index (χ2v) is 19.6. The van der Waals surface area contributed by atoms with E-state index >= 15 is 0 Å². The quantitative estimate of drug-likeness (QED) is 0.0307. The van der Waals surface area contributed by atoms with E-state index in [9.17, 15) is 29.1 Å². The van der Waals surface area contributed by atoms with E-state index in [1.807, 2.05) is 6.92 Å². The van der Waals surface area contributed by atoms with Crippen molar-refractivity contribution in [2.75, 3.05) is 13.2 Å². The SMILES string of the molecule is CCCCCCCCCCCCCCCC(=O)OCC(COC1(C(=O)O)CCC(C)(NC(C)C(=O)NC(Cc2cnc[nH]2)C(N)=O)CC1)OC(=O)CCCCCCCCCCCCCCC. The number of hydrogen-bond donors (Lipinski definition) is 5. The van der Waals surface area contributed by atoms with Gasteiger partial charge >= 0.3 is 17.9 Å². The Morgan fingerprint density at radius 2 is 1.15 bits per heavy atom. The highest BCUT2D eigenvalue weighted by atomic mass is 16.6. The van der Waals surface area contributed by atoms with Gasteiger partial charge in [-0.15, -0.1) is 0 Å². The highest BCUT2D eigenvalue weighted by Gasteiger charge is 2.48. The number of primary amides is 1. The zero-order valence-electron chi connectivity index (χ0n) is 41.9. The van der Waals surface area contributed by atoms with Crippen molar-refractivity contribution < 1.29 is 43.3 Å². The van der Waals surface area contributed by atoms with Gasteiger partial charge in [-0.1, -0.05) is 168 Å². The molecule has 1 fully saturated rings. The average molecular weight is 932 g/mol. The molecule has 2 amide bonds. The van der Waals surface area contributed by atoms with Crippen LogP contribution in [0.1, 0.15) is 239 Å². The number of nitrogens with two attached hydrogens (primary N) is 1. The van der Waals surface area contributed by atoms with Gasteiger partial charge in [-0.3, -0.25) is 19.2 Å². The third kappa shape index (κ3) is 26.7. The number of carbonyl (C=O) groups is 5. The van der Waals surface area contributed by atoms with Gasteiger partial charge in [0, 0.05) is 36.7 Å². The summed E-state index contributed by atoms with van der Waals surface area (Å²) in [6, 6.07) is -1.66.